The van der Waals surface area contributed by atoms with E-state index in [1.807, 2.05) is 20.8 Å². The SMILES string of the molecule is CN(C1CCC(NC(=O)OC(C)(C)C)CC1)C1COC1. The van der Waals surface area contributed by atoms with Crippen molar-refractivity contribution in [2.75, 3.05) is 20.3 Å². The van der Waals surface area contributed by atoms with E-state index in [0.29, 0.717) is 12.1 Å². The van der Waals surface area contributed by atoms with Gasteiger partial charge in [-0.05, 0) is 53.5 Å². The number of rotatable bonds is 3. The van der Waals surface area contributed by atoms with Crippen molar-refractivity contribution in [2.45, 2.75) is 70.2 Å². The van der Waals surface area contributed by atoms with Crippen LogP contribution in [0, 0.1) is 0 Å². The van der Waals surface area contributed by atoms with E-state index in [-0.39, 0.29) is 12.1 Å². The van der Waals surface area contributed by atoms with Crippen molar-refractivity contribution in [3.63, 3.8) is 0 Å². The number of hydrogen-bond donors (Lipinski definition) is 1. The monoisotopic (exact) mass is 284 g/mol. The molecular weight excluding hydrogens is 256 g/mol. The zero-order valence-corrected chi connectivity index (χ0v) is 13.1. The van der Waals surface area contributed by atoms with Gasteiger partial charge < -0.3 is 14.8 Å². The van der Waals surface area contributed by atoms with Crippen LogP contribution in [0.25, 0.3) is 0 Å². The normalized spacial score (nSPS) is 28.1. The van der Waals surface area contributed by atoms with Crippen molar-refractivity contribution in [1.82, 2.24) is 10.2 Å². The van der Waals surface area contributed by atoms with Gasteiger partial charge in [0.25, 0.3) is 0 Å². The van der Waals surface area contributed by atoms with E-state index in [4.69, 9.17) is 9.47 Å². The maximum absolute atomic E-state index is 11.7. The van der Waals surface area contributed by atoms with Gasteiger partial charge in [-0.1, -0.05) is 0 Å². The van der Waals surface area contributed by atoms with Crippen LogP contribution in [0.4, 0.5) is 4.79 Å². The van der Waals surface area contributed by atoms with Gasteiger partial charge in [-0.15, -0.1) is 0 Å². The van der Waals surface area contributed by atoms with Crippen LogP contribution in [0.3, 0.4) is 0 Å². The van der Waals surface area contributed by atoms with Gasteiger partial charge in [-0.3, -0.25) is 4.90 Å². The minimum Gasteiger partial charge on any atom is -0.444 e. The maximum Gasteiger partial charge on any atom is 0.407 e. The molecule has 1 saturated heterocycles. The largest absolute Gasteiger partial charge is 0.444 e. The summed E-state index contributed by atoms with van der Waals surface area (Å²) in [5.41, 5.74) is -0.425. The van der Waals surface area contributed by atoms with Gasteiger partial charge in [0.15, 0.2) is 0 Å². The van der Waals surface area contributed by atoms with Crippen molar-refractivity contribution in [3.05, 3.63) is 0 Å². The van der Waals surface area contributed by atoms with E-state index in [1.165, 1.54) is 0 Å². The fourth-order valence-electron chi connectivity index (χ4n) is 2.86. The fraction of sp³-hybridized carbons (Fsp3) is 0.933. The van der Waals surface area contributed by atoms with Gasteiger partial charge in [-0.25, -0.2) is 4.79 Å². The summed E-state index contributed by atoms with van der Waals surface area (Å²) in [6, 6.07) is 1.48. The summed E-state index contributed by atoms with van der Waals surface area (Å²) < 4.78 is 10.6. The lowest BCUT2D eigenvalue weighted by molar-refractivity contribution is -0.0741. The average Bonchev–Trinajstić information content (AvgIpc) is 2.24. The Kier molecular flexibility index (Phi) is 4.91. The van der Waals surface area contributed by atoms with Crippen molar-refractivity contribution in [2.24, 2.45) is 0 Å². The number of carbonyl (C=O) groups excluding carboxylic acids is 1. The molecule has 1 aliphatic heterocycles. The van der Waals surface area contributed by atoms with E-state index in [0.717, 1.165) is 38.9 Å². The number of carbonyl (C=O) groups is 1. The van der Waals surface area contributed by atoms with Crippen LogP contribution < -0.4 is 5.32 Å². The third kappa shape index (κ3) is 4.35. The zero-order valence-electron chi connectivity index (χ0n) is 13.1. The lowest BCUT2D eigenvalue weighted by atomic mass is 9.89. The summed E-state index contributed by atoms with van der Waals surface area (Å²) in [7, 11) is 2.19. The molecule has 0 spiro atoms. The Labute approximate surface area is 122 Å². The lowest BCUT2D eigenvalue weighted by Crippen LogP contribution is -2.53. The van der Waals surface area contributed by atoms with E-state index < -0.39 is 5.60 Å². The summed E-state index contributed by atoms with van der Waals surface area (Å²) in [6.45, 7) is 7.40. The van der Waals surface area contributed by atoms with Crippen LogP contribution in [0.1, 0.15) is 46.5 Å². The highest BCUT2D eigenvalue weighted by Gasteiger charge is 2.32. The Balaban J connectivity index is 1.70. The number of amides is 1. The molecule has 1 aliphatic carbocycles. The fourth-order valence-corrected chi connectivity index (χ4v) is 2.86. The first-order chi connectivity index (χ1) is 9.35. The molecule has 1 amide bonds. The van der Waals surface area contributed by atoms with Gasteiger partial charge in [0.1, 0.15) is 5.60 Å². The van der Waals surface area contributed by atoms with Gasteiger partial charge in [-0.2, -0.15) is 0 Å². The van der Waals surface area contributed by atoms with Crippen LogP contribution >= 0.6 is 0 Å². The third-order valence-electron chi connectivity index (χ3n) is 4.19. The van der Waals surface area contributed by atoms with Crippen LogP contribution in [0.15, 0.2) is 0 Å². The average molecular weight is 284 g/mol. The van der Waals surface area contributed by atoms with Crippen LogP contribution in [0.2, 0.25) is 0 Å². The Hall–Kier alpha value is -0.810. The Bertz CT molecular complexity index is 329. The number of ether oxygens (including phenoxy) is 2. The van der Waals surface area contributed by atoms with E-state index in [2.05, 4.69) is 17.3 Å². The second-order valence-corrected chi connectivity index (χ2v) is 7.01. The molecule has 0 radical (unpaired) electrons. The molecule has 1 heterocycles. The molecule has 1 N–H and O–H groups in total. The molecule has 0 aromatic rings. The molecule has 5 heteroatoms. The summed E-state index contributed by atoms with van der Waals surface area (Å²) in [5.74, 6) is 0. The van der Waals surface area contributed by atoms with E-state index in [9.17, 15) is 4.79 Å². The summed E-state index contributed by atoms with van der Waals surface area (Å²) in [6.07, 6.45) is 4.03. The molecule has 0 aromatic carbocycles. The Morgan fingerprint density at radius 1 is 1.15 bits per heavy atom. The molecular formula is C15H28N2O3. The molecule has 0 unspecified atom stereocenters. The molecule has 2 rings (SSSR count). The zero-order chi connectivity index (χ0) is 14.8. The molecule has 5 nitrogen and oxygen atoms in total. The highest BCUT2D eigenvalue weighted by Crippen LogP contribution is 2.25. The molecule has 0 atom stereocenters. The number of hydrogen-bond acceptors (Lipinski definition) is 4. The first-order valence-electron chi connectivity index (χ1n) is 7.64. The summed E-state index contributed by atoms with van der Waals surface area (Å²) >= 11 is 0. The van der Waals surface area contributed by atoms with Crippen molar-refractivity contribution >= 4 is 6.09 Å². The minimum absolute atomic E-state index is 0.257. The quantitative estimate of drug-likeness (QED) is 0.863. The van der Waals surface area contributed by atoms with Crippen LogP contribution in [-0.4, -0.2) is 55.0 Å². The second kappa shape index (κ2) is 6.31. The highest BCUT2D eigenvalue weighted by atomic mass is 16.6. The van der Waals surface area contributed by atoms with Gasteiger partial charge in [0, 0.05) is 12.1 Å². The molecule has 2 fully saturated rings. The minimum atomic E-state index is -0.425. The first-order valence-corrected chi connectivity index (χ1v) is 7.64. The van der Waals surface area contributed by atoms with E-state index >= 15 is 0 Å². The highest BCUT2D eigenvalue weighted by molar-refractivity contribution is 5.68. The van der Waals surface area contributed by atoms with Crippen molar-refractivity contribution in [3.8, 4) is 0 Å². The predicted molar refractivity (Wildman–Crippen MR) is 77.8 cm³/mol. The topological polar surface area (TPSA) is 50.8 Å². The van der Waals surface area contributed by atoms with Crippen LogP contribution in [0.5, 0.6) is 0 Å². The Morgan fingerprint density at radius 3 is 2.20 bits per heavy atom. The summed E-state index contributed by atoms with van der Waals surface area (Å²) in [4.78, 5) is 14.2. The summed E-state index contributed by atoms with van der Waals surface area (Å²) in [5, 5.41) is 2.99. The van der Waals surface area contributed by atoms with Gasteiger partial charge >= 0.3 is 6.09 Å². The molecule has 20 heavy (non-hydrogen) atoms. The van der Waals surface area contributed by atoms with Crippen molar-refractivity contribution in [1.29, 1.82) is 0 Å². The Morgan fingerprint density at radius 2 is 1.75 bits per heavy atom. The van der Waals surface area contributed by atoms with E-state index in [1.54, 1.807) is 0 Å². The lowest BCUT2D eigenvalue weighted by Gasteiger charge is -2.42. The van der Waals surface area contributed by atoms with Crippen molar-refractivity contribution < 1.29 is 14.3 Å². The molecule has 0 aromatic heterocycles. The molecule has 116 valence electrons. The number of alkyl carbamates (subject to hydrolysis) is 1. The molecule has 1 saturated carbocycles. The first kappa shape index (κ1) is 15.6. The second-order valence-electron chi connectivity index (χ2n) is 7.01. The number of nitrogens with one attached hydrogen (secondary N) is 1. The number of likely N-dealkylation sites (N-methyl/N-ethyl adjacent to an activating group) is 1. The van der Waals surface area contributed by atoms with Gasteiger partial charge in [0.05, 0.1) is 19.3 Å². The smallest absolute Gasteiger partial charge is 0.407 e. The molecule has 2 aliphatic rings. The maximum atomic E-state index is 11.7. The standard InChI is InChI=1S/C15H28N2O3/c1-15(2,3)20-14(18)16-11-5-7-12(8-6-11)17(4)13-9-19-10-13/h11-13H,5-10H2,1-4H3,(H,16,18). The predicted octanol–water partition coefficient (Wildman–Crippen LogP) is 2.15. The van der Waals surface area contributed by atoms with Crippen LogP contribution in [-0.2, 0) is 9.47 Å². The van der Waals surface area contributed by atoms with Gasteiger partial charge in [0.2, 0.25) is 0 Å². The number of nitrogens with zero attached hydrogens (tertiary/aromatic N) is 1. The molecule has 0 bridgehead atoms. The third-order valence-corrected chi connectivity index (χ3v) is 4.19.